The molecule has 0 saturated carbocycles. The summed E-state index contributed by atoms with van der Waals surface area (Å²) >= 11 is 0. The lowest BCUT2D eigenvalue weighted by Crippen LogP contribution is -1.92. The fraction of sp³-hybridized carbons (Fsp3) is 0.333. The van der Waals surface area contributed by atoms with E-state index in [-0.39, 0.29) is 0 Å². The third kappa shape index (κ3) is 3.52. The Morgan fingerprint density at radius 3 is 2.50 bits per heavy atom. The highest BCUT2D eigenvalue weighted by atomic mass is 16.1. The summed E-state index contributed by atoms with van der Waals surface area (Å²) in [5.41, 5.74) is 2.68. The van der Waals surface area contributed by atoms with Crippen LogP contribution >= 0.6 is 0 Å². The van der Waals surface area contributed by atoms with Crippen LogP contribution in [0.3, 0.4) is 0 Å². The lowest BCUT2D eigenvalue weighted by atomic mass is 10.1. The summed E-state index contributed by atoms with van der Waals surface area (Å²) in [5.74, 6) is 0. The van der Waals surface area contributed by atoms with Gasteiger partial charge in [0, 0.05) is 11.3 Å². The summed E-state index contributed by atoms with van der Waals surface area (Å²) in [6, 6.07) is 7.62. The number of hydrogen-bond donors (Lipinski definition) is 1. The van der Waals surface area contributed by atoms with Crippen LogP contribution < -0.4 is 0 Å². The first kappa shape index (κ1) is 10.6. The quantitative estimate of drug-likeness (QED) is 0.561. The third-order valence-corrected chi connectivity index (χ3v) is 2.13. The molecule has 0 aromatic heterocycles. The topological polar surface area (TPSA) is 40.9 Å². The van der Waals surface area contributed by atoms with Gasteiger partial charge in [-0.2, -0.15) is 0 Å². The molecular formula is C12H15NO. The molecule has 2 nitrogen and oxygen atoms in total. The Balaban J connectivity index is 2.43. The summed E-state index contributed by atoms with van der Waals surface area (Å²) in [7, 11) is 0. The lowest BCUT2D eigenvalue weighted by molar-refractivity contribution is 0.112. The molecule has 0 radical (unpaired) electrons. The molecule has 1 N–H and O–H groups in total. The van der Waals surface area contributed by atoms with Gasteiger partial charge in [-0.3, -0.25) is 4.79 Å². The molecular weight excluding hydrogens is 174 g/mol. The molecule has 74 valence electrons. The van der Waals surface area contributed by atoms with Crippen molar-refractivity contribution in [3.05, 3.63) is 35.4 Å². The van der Waals surface area contributed by atoms with Crippen LogP contribution in [-0.4, -0.2) is 12.0 Å². The van der Waals surface area contributed by atoms with Gasteiger partial charge in [-0.25, -0.2) is 0 Å². The van der Waals surface area contributed by atoms with Crippen LogP contribution in [0.2, 0.25) is 0 Å². The van der Waals surface area contributed by atoms with E-state index in [1.54, 1.807) is 0 Å². The third-order valence-electron chi connectivity index (χ3n) is 2.13. The van der Waals surface area contributed by atoms with Crippen molar-refractivity contribution < 1.29 is 4.79 Å². The molecule has 0 bridgehead atoms. The number of aldehydes is 1. The van der Waals surface area contributed by atoms with E-state index in [1.165, 1.54) is 5.56 Å². The Morgan fingerprint density at radius 2 is 2.00 bits per heavy atom. The molecule has 0 heterocycles. The summed E-state index contributed by atoms with van der Waals surface area (Å²) in [5, 5.41) is 7.28. The van der Waals surface area contributed by atoms with Gasteiger partial charge in [0.25, 0.3) is 0 Å². The molecule has 0 amide bonds. The van der Waals surface area contributed by atoms with Crippen LogP contribution in [0.1, 0.15) is 35.7 Å². The number of aryl methyl sites for hydroxylation is 1. The van der Waals surface area contributed by atoms with Crippen molar-refractivity contribution >= 4 is 12.0 Å². The average Bonchev–Trinajstić information content (AvgIpc) is 2.18. The Kier molecular flexibility index (Phi) is 4.05. The van der Waals surface area contributed by atoms with Crippen molar-refractivity contribution in [1.82, 2.24) is 0 Å². The standard InChI is InChI=1S/C12H15NO/c1-10(13)3-2-4-11-5-7-12(9-14)8-6-11/h5-9,13H,2-4H2,1H3. The molecule has 1 aromatic carbocycles. The fourth-order valence-electron chi connectivity index (χ4n) is 1.32. The maximum Gasteiger partial charge on any atom is 0.150 e. The van der Waals surface area contributed by atoms with E-state index in [0.29, 0.717) is 0 Å². The summed E-state index contributed by atoms with van der Waals surface area (Å²) in [6.45, 7) is 1.83. The molecule has 0 aliphatic heterocycles. The molecule has 0 atom stereocenters. The van der Waals surface area contributed by atoms with E-state index < -0.39 is 0 Å². The minimum Gasteiger partial charge on any atom is -0.310 e. The van der Waals surface area contributed by atoms with Crippen molar-refractivity contribution in [2.75, 3.05) is 0 Å². The van der Waals surface area contributed by atoms with E-state index in [0.717, 1.165) is 36.8 Å². The van der Waals surface area contributed by atoms with E-state index in [4.69, 9.17) is 5.41 Å². The summed E-state index contributed by atoms with van der Waals surface area (Å²) < 4.78 is 0. The van der Waals surface area contributed by atoms with Crippen molar-refractivity contribution in [2.45, 2.75) is 26.2 Å². The van der Waals surface area contributed by atoms with E-state index in [9.17, 15) is 4.79 Å². The molecule has 0 aliphatic rings. The van der Waals surface area contributed by atoms with E-state index in [1.807, 2.05) is 31.2 Å². The Hall–Kier alpha value is -1.44. The predicted octanol–water partition coefficient (Wildman–Crippen LogP) is 2.86. The first-order valence-corrected chi connectivity index (χ1v) is 4.80. The van der Waals surface area contributed by atoms with E-state index in [2.05, 4.69) is 0 Å². The van der Waals surface area contributed by atoms with Gasteiger partial charge in [0.2, 0.25) is 0 Å². The summed E-state index contributed by atoms with van der Waals surface area (Å²) in [4.78, 5) is 10.4. The van der Waals surface area contributed by atoms with Gasteiger partial charge in [0.15, 0.2) is 0 Å². The van der Waals surface area contributed by atoms with Gasteiger partial charge in [-0.15, -0.1) is 0 Å². The number of hydrogen-bond acceptors (Lipinski definition) is 2. The highest BCUT2D eigenvalue weighted by Gasteiger charge is 1.95. The van der Waals surface area contributed by atoms with E-state index >= 15 is 0 Å². The number of rotatable bonds is 5. The second kappa shape index (κ2) is 5.32. The monoisotopic (exact) mass is 189 g/mol. The molecule has 0 saturated heterocycles. The number of carbonyl (C=O) groups excluding carboxylic acids is 1. The summed E-state index contributed by atoms with van der Waals surface area (Å²) in [6.07, 6.45) is 3.70. The average molecular weight is 189 g/mol. The molecule has 2 heteroatoms. The molecule has 0 unspecified atom stereocenters. The van der Waals surface area contributed by atoms with Crippen LogP contribution in [-0.2, 0) is 6.42 Å². The normalized spacial score (nSPS) is 9.79. The zero-order valence-electron chi connectivity index (χ0n) is 8.42. The predicted molar refractivity (Wildman–Crippen MR) is 58.2 cm³/mol. The Morgan fingerprint density at radius 1 is 1.36 bits per heavy atom. The lowest BCUT2D eigenvalue weighted by Gasteiger charge is -2.00. The maximum absolute atomic E-state index is 10.4. The van der Waals surface area contributed by atoms with Crippen molar-refractivity contribution in [1.29, 1.82) is 5.41 Å². The van der Waals surface area contributed by atoms with Crippen molar-refractivity contribution in [3.63, 3.8) is 0 Å². The molecule has 0 spiro atoms. The molecule has 0 fully saturated rings. The van der Waals surface area contributed by atoms with Crippen LogP contribution in [0.15, 0.2) is 24.3 Å². The number of benzene rings is 1. The molecule has 14 heavy (non-hydrogen) atoms. The van der Waals surface area contributed by atoms with Crippen LogP contribution in [0.25, 0.3) is 0 Å². The fourth-order valence-corrected chi connectivity index (χ4v) is 1.32. The van der Waals surface area contributed by atoms with Gasteiger partial charge in [-0.1, -0.05) is 24.3 Å². The van der Waals surface area contributed by atoms with Crippen LogP contribution in [0, 0.1) is 5.41 Å². The maximum atomic E-state index is 10.4. The van der Waals surface area contributed by atoms with Crippen molar-refractivity contribution in [3.8, 4) is 0 Å². The second-order valence-corrected chi connectivity index (χ2v) is 3.49. The Bertz CT molecular complexity index is 314. The van der Waals surface area contributed by atoms with Gasteiger partial charge in [-0.05, 0) is 31.7 Å². The van der Waals surface area contributed by atoms with Crippen molar-refractivity contribution in [2.24, 2.45) is 0 Å². The zero-order valence-corrected chi connectivity index (χ0v) is 8.42. The number of nitrogens with one attached hydrogen (secondary N) is 1. The SMILES string of the molecule is CC(=N)CCCc1ccc(C=O)cc1. The molecule has 0 aliphatic carbocycles. The minimum atomic E-state index is 0.719. The minimum absolute atomic E-state index is 0.719. The largest absolute Gasteiger partial charge is 0.310 e. The van der Waals surface area contributed by atoms with Gasteiger partial charge < -0.3 is 5.41 Å². The highest BCUT2D eigenvalue weighted by molar-refractivity contribution is 5.78. The van der Waals surface area contributed by atoms with Crippen LogP contribution in [0.5, 0.6) is 0 Å². The van der Waals surface area contributed by atoms with Gasteiger partial charge in [0.1, 0.15) is 6.29 Å². The smallest absolute Gasteiger partial charge is 0.150 e. The Labute approximate surface area is 84.5 Å². The van der Waals surface area contributed by atoms with Gasteiger partial charge in [0.05, 0.1) is 0 Å². The first-order chi connectivity index (χ1) is 6.72. The van der Waals surface area contributed by atoms with Crippen LogP contribution in [0.4, 0.5) is 0 Å². The number of carbonyl (C=O) groups is 1. The zero-order chi connectivity index (χ0) is 10.4. The second-order valence-electron chi connectivity index (χ2n) is 3.49. The van der Waals surface area contributed by atoms with Gasteiger partial charge >= 0.3 is 0 Å². The highest BCUT2D eigenvalue weighted by Crippen LogP contribution is 2.06. The molecule has 1 aromatic rings. The molecule has 1 rings (SSSR count). The first-order valence-electron chi connectivity index (χ1n) is 4.80.